The second-order valence-electron chi connectivity index (χ2n) is 4.01. The lowest BCUT2D eigenvalue weighted by Gasteiger charge is -2.24. The lowest BCUT2D eigenvalue weighted by molar-refractivity contribution is -0.107. The number of carboxylic acid groups (broad SMARTS) is 1. The molecule has 1 aromatic rings. The number of nitrogens with zero attached hydrogens (tertiary/aromatic N) is 2. The van der Waals surface area contributed by atoms with Gasteiger partial charge in [-0.1, -0.05) is 0 Å². The van der Waals surface area contributed by atoms with Crippen LogP contribution in [0.3, 0.4) is 0 Å². The lowest BCUT2D eigenvalue weighted by Crippen LogP contribution is -2.27. The predicted molar refractivity (Wildman–Crippen MR) is 72.5 cm³/mol. The van der Waals surface area contributed by atoms with Gasteiger partial charge in [0.1, 0.15) is 12.5 Å². The molecule has 1 amide bonds. The van der Waals surface area contributed by atoms with Crippen molar-refractivity contribution < 1.29 is 24.2 Å². The SMILES string of the molecule is CCN(C=O)c1cc(N(CC)CO)c(F)cc1C(=O)O. The number of rotatable bonds is 7. The molecule has 6 nitrogen and oxygen atoms in total. The molecule has 1 aromatic carbocycles. The minimum atomic E-state index is -1.32. The highest BCUT2D eigenvalue weighted by Crippen LogP contribution is 2.29. The molecule has 0 aromatic heterocycles. The Kier molecular flexibility index (Phi) is 5.45. The number of carboxylic acids is 1. The third-order valence-corrected chi connectivity index (χ3v) is 2.97. The Balaban J connectivity index is 3.48. The van der Waals surface area contributed by atoms with E-state index in [-0.39, 0.29) is 23.5 Å². The molecule has 0 fully saturated rings. The summed E-state index contributed by atoms with van der Waals surface area (Å²) in [6, 6.07) is 2.12. The van der Waals surface area contributed by atoms with Crippen molar-refractivity contribution in [3.63, 3.8) is 0 Å². The number of hydrogen-bond donors (Lipinski definition) is 2. The van der Waals surface area contributed by atoms with Crippen molar-refractivity contribution in [1.82, 2.24) is 0 Å². The molecule has 7 heteroatoms. The van der Waals surface area contributed by atoms with Crippen LogP contribution in [-0.2, 0) is 4.79 Å². The molecule has 0 heterocycles. The van der Waals surface area contributed by atoms with Gasteiger partial charge >= 0.3 is 5.97 Å². The first-order chi connectivity index (χ1) is 9.49. The molecule has 0 unspecified atom stereocenters. The van der Waals surface area contributed by atoms with E-state index >= 15 is 0 Å². The molecule has 0 aliphatic heterocycles. The summed E-state index contributed by atoms with van der Waals surface area (Å²) < 4.78 is 14.0. The van der Waals surface area contributed by atoms with Gasteiger partial charge in [0.05, 0.1) is 16.9 Å². The topological polar surface area (TPSA) is 81.1 Å². The monoisotopic (exact) mass is 284 g/mol. The second kappa shape index (κ2) is 6.85. The van der Waals surface area contributed by atoms with Crippen molar-refractivity contribution in [3.05, 3.63) is 23.5 Å². The van der Waals surface area contributed by atoms with E-state index < -0.39 is 18.5 Å². The molecule has 0 atom stereocenters. The van der Waals surface area contributed by atoms with E-state index in [0.29, 0.717) is 13.0 Å². The molecule has 0 saturated carbocycles. The Morgan fingerprint density at radius 3 is 2.35 bits per heavy atom. The van der Waals surface area contributed by atoms with E-state index in [1.54, 1.807) is 13.8 Å². The van der Waals surface area contributed by atoms with Crippen LogP contribution in [0, 0.1) is 5.82 Å². The predicted octanol–water partition coefficient (Wildman–Crippen LogP) is 1.28. The number of anilines is 2. The fourth-order valence-electron chi connectivity index (χ4n) is 1.85. The number of aliphatic hydroxyl groups is 1. The van der Waals surface area contributed by atoms with Gasteiger partial charge in [-0.15, -0.1) is 0 Å². The average Bonchev–Trinajstić information content (AvgIpc) is 2.43. The molecule has 0 bridgehead atoms. The first-order valence-corrected chi connectivity index (χ1v) is 6.14. The van der Waals surface area contributed by atoms with Crippen molar-refractivity contribution in [2.24, 2.45) is 0 Å². The number of carbonyl (C=O) groups excluding carboxylic acids is 1. The van der Waals surface area contributed by atoms with Crippen LogP contribution in [0.5, 0.6) is 0 Å². The number of aromatic carboxylic acids is 1. The molecule has 0 saturated heterocycles. The van der Waals surface area contributed by atoms with Gasteiger partial charge in [-0.05, 0) is 26.0 Å². The summed E-state index contributed by atoms with van der Waals surface area (Å²) in [7, 11) is 0. The maximum atomic E-state index is 14.0. The molecule has 110 valence electrons. The van der Waals surface area contributed by atoms with Gasteiger partial charge in [-0.2, -0.15) is 0 Å². The van der Waals surface area contributed by atoms with Gasteiger partial charge in [0.25, 0.3) is 0 Å². The summed E-state index contributed by atoms with van der Waals surface area (Å²) in [4.78, 5) is 24.6. The summed E-state index contributed by atoms with van der Waals surface area (Å²) in [5.74, 6) is -2.08. The maximum absolute atomic E-state index is 14.0. The average molecular weight is 284 g/mol. The van der Waals surface area contributed by atoms with E-state index in [1.165, 1.54) is 11.0 Å². The first-order valence-electron chi connectivity index (χ1n) is 6.14. The van der Waals surface area contributed by atoms with Gasteiger partial charge < -0.3 is 20.0 Å². The van der Waals surface area contributed by atoms with Crippen LogP contribution in [0.2, 0.25) is 0 Å². The van der Waals surface area contributed by atoms with Gasteiger partial charge in [0.2, 0.25) is 6.41 Å². The van der Waals surface area contributed by atoms with Crippen LogP contribution in [0.1, 0.15) is 24.2 Å². The number of aliphatic hydroxyl groups excluding tert-OH is 1. The summed E-state index contributed by atoms with van der Waals surface area (Å²) >= 11 is 0. The molecule has 20 heavy (non-hydrogen) atoms. The largest absolute Gasteiger partial charge is 0.478 e. The summed E-state index contributed by atoms with van der Waals surface area (Å²) in [5, 5.41) is 18.3. The number of hydrogen-bond acceptors (Lipinski definition) is 4. The number of amides is 1. The fraction of sp³-hybridized carbons (Fsp3) is 0.385. The zero-order chi connectivity index (χ0) is 15.3. The van der Waals surface area contributed by atoms with Crippen molar-refractivity contribution in [2.45, 2.75) is 13.8 Å². The zero-order valence-electron chi connectivity index (χ0n) is 11.3. The Morgan fingerprint density at radius 1 is 1.30 bits per heavy atom. The van der Waals surface area contributed by atoms with Crippen molar-refractivity contribution in [2.75, 3.05) is 29.6 Å². The highest BCUT2D eigenvalue weighted by molar-refractivity contribution is 5.98. The zero-order valence-corrected chi connectivity index (χ0v) is 11.3. The van der Waals surface area contributed by atoms with Gasteiger partial charge in [-0.25, -0.2) is 9.18 Å². The molecule has 0 radical (unpaired) electrons. The molecule has 0 aliphatic carbocycles. The van der Waals surface area contributed by atoms with Crippen LogP contribution in [0.4, 0.5) is 15.8 Å². The van der Waals surface area contributed by atoms with Crippen LogP contribution >= 0.6 is 0 Å². The summed E-state index contributed by atoms with van der Waals surface area (Å²) in [5.41, 5.74) is -0.150. The second-order valence-corrected chi connectivity index (χ2v) is 4.01. The van der Waals surface area contributed by atoms with Gasteiger partial charge in [0, 0.05) is 13.1 Å². The Hall–Kier alpha value is -2.15. The van der Waals surface area contributed by atoms with E-state index in [9.17, 15) is 19.1 Å². The van der Waals surface area contributed by atoms with E-state index in [0.717, 1.165) is 11.0 Å². The van der Waals surface area contributed by atoms with Gasteiger partial charge in [-0.3, -0.25) is 4.79 Å². The third-order valence-electron chi connectivity index (χ3n) is 2.97. The van der Waals surface area contributed by atoms with Crippen LogP contribution in [0.15, 0.2) is 12.1 Å². The van der Waals surface area contributed by atoms with Crippen molar-refractivity contribution >= 4 is 23.8 Å². The highest BCUT2D eigenvalue weighted by Gasteiger charge is 2.20. The van der Waals surface area contributed by atoms with Crippen molar-refractivity contribution in [1.29, 1.82) is 0 Å². The molecule has 2 N–H and O–H groups in total. The Labute approximate surface area is 116 Å². The quantitative estimate of drug-likeness (QED) is 0.582. The first kappa shape index (κ1) is 15.9. The Bertz CT molecular complexity index is 503. The van der Waals surface area contributed by atoms with Crippen LogP contribution in [-0.4, -0.2) is 42.4 Å². The number of carbonyl (C=O) groups is 2. The smallest absolute Gasteiger partial charge is 0.337 e. The molecule has 0 aliphatic rings. The third kappa shape index (κ3) is 3.05. The number of halogens is 1. The molecular weight excluding hydrogens is 267 g/mol. The lowest BCUT2D eigenvalue weighted by atomic mass is 10.1. The summed E-state index contributed by atoms with van der Waals surface area (Å²) in [6.45, 7) is 3.57. The molecule has 1 rings (SSSR count). The summed E-state index contributed by atoms with van der Waals surface area (Å²) in [6.07, 6.45) is 0.485. The van der Waals surface area contributed by atoms with E-state index in [4.69, 9.17) is 5.11 Å². The van der Waals surface area contributed by atoms with Gasteiger partial charge in [0.15, 0.2) is 0 Å². The maximum Gasteiger partial charge on any atom is 0.337 e. The Morgan fingerprint density at radius 2 is 1.95 bits per heavy atom. The standard InChI is InChI=1S/C13H17FN2O4/c1-3-15(7-17)11-6-12(16(4-2)8-18)10(14)5-9(11)13(19)20/h5-7,18H,3-4,8H2,1-2H3,(H,19,20). The minimum Gasteiger partial charge on any atom is -0.478 e. The highest BCUT2D eigenvalue weighted by atomic mass is 19.1. The van der Waals surface area contributed by atoms with E-state index in [1.807, 2.05) is 0 Å². The van der Waals surface area contributed by atoms with Crippen molar-refractivity contribution in [3.8, 4) is 0 Å². The fourth-order valence-corrected chi connectivity index (χ4v) is 1.85. The van der Waals surface area contributed by atoms with Crippen LogP contribution in [0.25, 0.3) is 0 Å². The molecular formula is C13H17FN2O4. The number of benzene rings is 1. The molecule has 0 spiro atoms. The minimum absolute atomic E-state index is 0.0512. The van der Waals surface area contributed by atoms with Crippen LogP contribution < -0.4 is 9.80 Å². The van der Waals surface area contributed by atoms with E-state index in [2.05, 4.69) is 0 Å². The normalized spacial score (nSPS) is 10.2.